The maximum absolute atomic E-state index is 12.5. The molecule has 0 spiro atoms. The molecule has 6 nitrogen and oxygen atoms in total. The molecular weight excluding hydrogens is 513 g/mol. The fourth-order valence-corrected chi connectivity index (χ4v) is 4.08. The molecule has 0 radical (unpaired) electrons. The summed E-state index contributed by atoms with van der Waals surface area (Å²) in [6, 6.07) is 14.1. The van der Waals surface area contributed by atoms with Crippen LogP contribution in [0.15, 0.2) is 47.5 Å². The number of piperazine rings is 1. The van der Waals surface area contributed by atoms with Crippen LogP contribution in [0.25, 0.3) is 0 Å². The zero-order chi connectivity index (χ0) is 20.2. The first-order valence-corrected chi connectivity index (χ1v) is 10.4. The molecule has 0 unspecified atom stereocenters. The number of nitrogens with two attached hydrogens (primary N) is 1. The summed E-state index contributed by atoms with van der Waals surface area (Å²) >= 11 is 5.95. The van der Waals surface area contributed by atoms with Gasteiger partial charge in [0.15, 0.2) is 5.96 Å². The number of hydrogen-bond acceptors (Lipinski definition) is 3. The van der Waals surface area contributed by atoms with Gasteiger partial charge < -0.3 is 20.9 Å². The van der Waals surface area contributed by atoms with E-state index in [0.717, 1.165) is 42.3 Å². The zero-order valence-electron chi connectivity index (χ0n) is 16.8. The molecule has 160 valence electrons. The third-order valence-electron chi connectivity index (χ3n) is 5.58. The number of guanidine groups is 1. The van der Waals surface area contributed by atoms with E-state index in [9.17, 15) is 4.79 Å². The molecule has 1 fully saturated rings. The molecule has 0 atom stereocenters. The third kappa shape index (κ3) is 5.57. The van der Waals surface area contributed by atoms with Gasteiger partial charge in [-0.2, -0.15) is 0 Å². The minimum atomic E-state index is -0.000500. The number of carbonyl (C=O) groups is 1. The predicted molar refractivity (Wildman–Crippen MR) is 134 cm³/mol. The van der Waals surface area contributed by atoms with Crippen LogP contribution < -0.4 is 16.0 Å². The number of aryl methyl sites for hydroxylation is 2. The Morgan fingerprint density at radius 2 is 1.73 bits per heavy atom. The molecule has 1 amide bonds. The summed E-state index contributed by atoms with van der Waals surface area (Å²) in [6.07, 6.45) is 3.48. The lowest BCUT2D eigenvalue weighted by Crippen LogP contribution is -2.49. The van der Waals surface area contributed by atoms with Gasteiger partial charge in [-0.1, -0.05) is 17.7 Å². The fourth-order valence-electron chi connectivity index (χ4n) is 3.96. The smallest absolute Gasteiger partial charge is 0.244 e. The van der Waals surface area contributed by atoms with Crippen LogP contribution in [0.1, 0.15) is 17.5 Å². The topological polar surface area (TPSA) is 74.0 Å². The van der Waals surface area contributed by atoms with E-state index in [2.05, 4.69) is 27.3 Å². The van der Waals surface area contributed by atoms with Crippen molar-refractivity contribution in [3.8, 4) is 0 Å². The molecule has 1 aliphatic carbocycles. The van der Waals surface area contributed by atoms with Gasteiger partial charge in [0.1, 0.15) is 6.54 Å². The van der Waals surface area contributed by atoms with Crippen LogP contribution in [0.5, 0.6) is 0 Å². The quantitative estimate of drug-likeness (QED) is 0.354. The molecule has 0 saturated carbocycles. The van der Waals surface area contributed by atoms with Crippen molar-refractivity contribution < 1.29 is 4.79 Å². The van der Waals surface area contributed by atoms with E-state index in [0.29, 0.717) is 13.1 Å². The third-order valence-corrected chi connectivity index (χ3v) is 5.83. The first kappa shape index (κ1) is 22.7. The van der Waals surface area contributed by atoms with Crippen molar-refractivity contribution in [3.63, 3.8) is 0 Å². The number of fused-ring (bicyclic) bond motifs is 1. The van der Waals surface area contributed by atoms with Crippen LogP contribution in [0.2, 0.25) is 5.02 Å². The van der Waals surface area contributed by atoms with Crippen molar-refractivity contribution in [1.29, 1.82) is 0 Å². The highest BCUT2D eigenvalue weighted by atomic mass is 127. The zero-order valence-corrected chi connectivity index (χ0v) is 19.9. The lowest BCUT2D eigenvalue weighted by atomic mass is 10.1. The Morgan fingerprint density at radius 1 is 1.03 bits per heavy atom. The number of halogens is 2. The summed E-state index contributed by atoms with van der Waals surface area (Å²) < 4.78 is 0. The molecule has 2 aromatic rings. The minimum Gasteiger partial charge on any atom is -0.370 e. The van der Waals surface area contributed by atoms with Crippen molar-refractivity contribution in [2.24, 2.45) is 10.7 Å². The maximum Gasteiger partial charge on any atom is 0.244 e. The summed E-state index contributed by atoms with van der Waals surface area (Å²) in [6.45, 7) is 2.99. The van der Waals surface area contributed by atoms with Gasteiger partial charge in [0.05, 0.1) is 0 Å². The number of aliphatic imine (C=N–C) groups is 1. The Bertz CT molecular complexity index is 910. The Morgan fingerprint density at radius 3 is 2.47 bits per heavy atom. The first-order chi connectivity index (χ1) is 14.1. The fraction of sp³-hybridized carbons (Fsp3) is 0.364. The van der Waals surface area contributed by atoms with Gasteiger partial charge in [0.2, 0.25) is 5.91 Å². The number of nitrogens with zero attached hydrogens (tertiary/aromatic N) is 3. The van der Waals surface area contributed by atoms with Gasteiger partial charge in [-0.3, -0.25) is 4.79 Å². The van der Waals surface area contributed by atoms with Crippen LogP contribution in [0, 0.1) is 0 Å². The van der Waals surface area contributed by atoms with E-state index < -0.39 is 0 Å². The Balaban J connectivity index is 0.00000256. The van der Waals surface area contributed by atoms with Crippen LogP contribution in [-0.4, -0.2) is 49.5 Å². The molecule has 1 saturated heterocycles. The Kier molecular flexibility index (Phi) is 7.82. The van der Waals surface area contributed by atoms with Crippen molar-refractivity contribution in [3.05, 3.63) is 58.6 Å². The first-order valence-electron chi connectivity index (χ1n) is 10.1. The van der Waals surface area contributed by atoms with Crippen molar-refractivity contribution in [1.82, 2.24) is 4.90 Å². The van der Waals surface area contributed by atoms with E-state index in [1.54, 1.807) is 0 Å². The van der Waals surface area contributed by atoms with E-state index in [4.69, 9.17) is 17.3 Å². The molecule has 30 heavy (non-hydrogen) atoms. The molecule has 0 aromatic heterocycles. The summed E-state index contributed by atoms with van der Waals surface area (Å²) in [5, 5.41) is 3.83. The standard InChI is InChI=1S/C22H26ClN5O.HI/c23-18-5-8-20(9-6-18)27-10-12-28(13-11-27)21(29)15-25-22(24)26-19-7-4-16-2-1-3-17(16)14-19;/h4-9,14H,1-3,10-13,15H2,(H3,24,25,26);1H. The monoisotopic (exact) mass is 539 g/mol. The van der Waals surface area contributed by atoms with Crippen LogP contribution in [-0.2, 0) is 17.6 Å². The van der Waals surface area contributed by atoms with E-state index in [1.807, 2.05) is 35.2 Å². The number of anilines is 2. The van der Waals surface area contributed by atoms with Gasteiger partial charge in [0.25, 0.3) is 0 Å². The van der Waals surface area contributed by atoms with E-state index >= 15 is 0 Å². The summed E-state index contributed by atoms with van der Waals surface area (Å²) in [5.74, 6) is 0.274. The average molecular weight is 540 g/mol. The normalized spacial score (nSPS) is 16.1. The molecule has 2 aliphatic rings. The number of nitrogens with one attached hydrogen (secondary N) is 1. The van der Waals surface area contributed by atoms with Gasteiger partial charge in [-0.25, -0.2) is 4.99 Å². The highest BCUT2D eigenvalue weighted by Gasteiger charge is 2.21. The molecule has 1 heterocycles. The Labute approximate surface area is 199 Å². The summed E-state index contributed by atoms with van der Waals surface area (Å²) in [7, 11) is 0. The SMILES string of the molecule is I.NC(=NCC(=O)N1CCN(c2ccc(Cl)cc2)CC1)Nc1ccc2c(c1)CCC2. The van der Waals surface area contributed by atoms with Gasteiger partial charge in [-0.15, -0.1) is 24.0 Å². The van der Waals surface area contributed by atoms with Crippen molar-refractivity contribution in [2.75, 3.05) is 42.9 Å². The second-order valence-corrected chi connectivity index (χ2v) is 7.94. The largest absolute Gasteiger partial charge is 0.370 e. The molecule has 2 aromatic carbocycles. The summed E-state index contributed by atoms with van der Waals surface area (Å²) in [5.41, 5.74) is 10.8. The predicted octanol–water partition coefficient (Wildman–Crippen LogP) is 3.52. The molecular formula is C22H27ClIN5O. The van der Waals surface area contributed by atoms with Crippen LogP contribution in [0.3, 0.4) is 0 Å². The lowest BCUT2D eigenvalue weighted by molar-refractivity contribution is -0.129. The summed E-state index contributed by atoms with van der Waals surface area (Å²) in [4.78, 5) is 20.8. The van der Waals surface area contributed by atoms with Gasteiger partial charge in [-0.05, 0) is 66.8 Å². The number of rotatable bonds is 4. The number of hydrogen-bond donors (Lipinski definition) is 2. The second kappa shape index (κ2) is 10.3. The molecule has 1 aliphatic heterocycles. The highest BCUT2D eigenvalue weighted by molar-refractivity contribution is 14.0. The second-order valence-electron chi connectivity index (χ2n) is 7.51. The number of benzene rings is 2. The number of carbonyl (C=O) groups excluding carboxylic acids is 1. The molecule has 0 bridgehead atoms. The van der Waals surface area contributed by atoms with E-state index in [1.165, 1.54) is 17.5 Å². The van der Waals surface area contributed by atoms with Crippen molar-refractivity contribution in [2.45, 2.75) is 19.3 Å². The van der Waals surface area contributed by atoms with Crippen molar-refractivity contribution >= 4 is 58.8 Å². The van der Waals surface area contributed by atoms with Crippen LogP contribution in [0.4, 0.5) is 11.4 Å². The lowest BCUT2D eigenvalue weighted by Gasteiger charge is -2.36. The average Bonchev–Trinajstić information content (AvgIpc) is 3.20. The molecule has 4 rings (SSSR count). The highest BCUT2D eigenvalue weighted by Crippen LogP contribution is 2.24. The molecule has 3 N–H and O–H groups in total. The van der Waals surface area contributed by atoms with Gasteiger partial charge in [0, 0.05) is 42.6 Å². The minimum absolute atomic E-state index is 0. The van der Waals surface area contributed by atoms with Crippen LogP contribution >= 0.6 is 35.6 Å². The van der Waals surface area contributed by atoms with Gasteiger partial charge >= 0.3 is 0 Å². The maximum atomic E-state index is 12.5. The van der Waals surface area contributed by atoms with E-state index in [-0.39, 0.29) is 42.4 Å². The Hall–Kier alpha value is -2.00. The number of amides is 1. The molecule has 8 heteroatoms.